The summed E-state index contributed by atoms with van der Waals surface area (Å²) in [5.41, 5.74) is 8.02. The molecular weight excluding hydrogens is 273 g/mol. The van der Waals surface area contributed by atoms with Gasteiger partial charge in [-0.05, 0) is 19.9 Å². The summed E-state index contributed by atoms with van der Waals surface area (Å²) < 4.78 is 7.42. The second kappa shape index (κ2) is 4.71. The van der Waals surface area contributed by atoms with E-state index in [9.17, 15) is 0 Å². The molecule has 0 saturated carbocycles. The molecule has 1 heterocycles. The van der Waals surface area contributed by atoms with Crippen LogP contribution in [-0.4, -0.2) is 9.78 Å². The summed E-state index contributed by atoms with van der Waals surface area (Å²) in [6, 6.07) is 3.17. The Labute approximate surface area is 115 Å². The van der Waals surface area contributed by atoms with Gasteiger partial charge in [0.15, 0.2) is 0 Å². The molecule has 0 aliphatic carbocycles. The van der Waals surface area contributed by atoms with Crippen LogP contribution in [0.25, 0.3) is 0 Å². The quantitative estimate of drug-likeness (QED) is 0.856. The maximum atomic E-state index is 6.07. The van der Waals surface area contributed by atoms with Crippen molar-refractivity contribution in [1.82, 2.24) is 9.78 Å². The molecule has 0 atom stereocenters. The highest BCUT2D eigenvalue weighted by atomic mass is 35.5. The minimum Gasteiger partial charge on any atom is -0.437 e. The molecule has 18 heavy (non-hydrogen) atoms. The molecule has 96 valence electrons. The number of hydrogen-bond donors (Lipinski definition) is 1. The summed E-state index contributed by atoms with van der Waals surface area (Å²) in [6.45, 7) is 3.85. The molecule has 2 rings (SSSR count). The number of anilines is 1. The number of aryl methyl sites for hydroxylation is 2. The van der Waals surface area contributed by atoms with Crippen molar-refractivity contribution in [3.05, 3.63) is 33.4 Å². The molecule has 4 nitrogen and oxygen atoms in total. The third-order valence-corrected chi connectivity index (χ3v) is 3.34. The molecule has 2 aromatic rings. The van der Waals surface area contributed by atoms with Gasteiger partial charge in [0.1, 0.15) is 5.75 Å². The van der Waals surface area contributed by atoms with Crippen LogP contribution in [0.3, 0.4) is 0 Å². The topological polar surface area (TPSA) is 53.1 Å². The van der Waals surface area contributed by atoms with E-state index in [1.807, 2.05) is 20.9 Å². The van der Waals surface area contributed by atoms with E-state index in [1.54, 1.807) is 16.8 Å². The summed E-state index contributed by atoms with van der Waals surface area (Å²) in [6.07, 6.45) is 0. The lowest BCUT2D eigenvalue weighted by Crippen LogP contribution is -1.97. The maximum Gasteiger partial charge on any atom is 0.220 e. The zero-order chi connectivity index (χ0) is 13.4. The van der Waals surface area contributed by atoms with Gasteiger partial charge in [-0.2, -0.15) is 5.10 Å². The predicted molar refractivity (Wildman–Crippen MR) is 73.6 cm³/mol. The number of ether oxygens (including phenoxy) is 1. The van der Waals surface area contributed by atoms with Crippen molar-refractivity contribution in [2.24, 2.45) is 7.05 Å². The van der Waals surface area contributed by atoms with Gasteiger partial charge >= 0.3 is 0 Å². The lowest BCUT2D eigenvalue weighted by Gasteiger charge is -2.10. The molecule has 1 aromatic carbocycles. The summed E-state index contributed by atoms with van der Waals surface area (Å²) in [7, 11) is 1.81. The fraction of sp³-hybridized carbons (Fsp3) is 0.250. The number of benzene rings is 1. The van der Waals surface area contributed by atoms with Gasteiger partial charge in [0.25, 0.3) is 0 Å². The first kappa shape index (κ1) is 13.1. The normalized spacial score (nSPS) is 10.7. The van der Waals surface area contributed by atoms with Crippen molar-refractivity contribution in [3.63, 3.8) is 0 Å². The number of aromatic nitrogens is 2. The Balaban J connectivity index is 2.43. The van der Waals surface area contributed by atoms with Crippen LogP contribution in [0.2, 0.25) is 10.0 Å². The molecule has 0 unspecified atom stereocenters. The first-order valence-electron chi connectivity index (χ1n) is 5.32. The van der Waals surface area contributed by atoms with Gasteiger partial charge in [-0.3, -0.25) is 0 Å². The van der Waals surface area contributed by atoms with Crippen molar-refractivity contribution in [2.75, 3.05) is 5.73 Å². The maximum absolute atomic E-state index is 6.07. The van der Waals surface area contributed by atoms with Crippen LogP contribution in [0.4, 0.5) is 5.69 Å². The number of nitrogens with two attached hydrogens (primary N) is 1. The van der Waals surface area contributed by atoms with Crippen molar-refractivity contribution in [3.8, 4) is 11.6 Å². The largest absolute Gasteiger partial charge is 0.437 e. The van der Waals surface area contributed by atoms with E-state index in [2.05, 4.69) is 5.10 Å². The zero-order valence-electron chi connectivity index (χ0n) is 10.3. The fourth-order valence-electron chi connectivity index (χ4n) is 1.61. The lowest BCUT2D eigenvalue weighted by atomic mass is 10.3. The van der Waals surface area contributed by atoms with Crippen LogP contribution in [0.5, 0.6) is 11.6 Å². The first-order chi connectivity index (χ1) is 8.40. The van der Waals surface area contributed by atoms with E-state index in [0.29, 0.717) is 27.4 Å². The first-order valence-corrected chi connectivity index (χ1v) is 6.08. The molecule has 0 bridgehead atoms. The van der Waals surface area contributed by atoms with Gasteiger partial charge in [0, 0.05) is 18.7 Å². The monoisotopic (exact) mass is 285 g/mol. The summed E-state index contributed by atoms with van der Waals surface area (Å²) in [4.78, 5) is 0. The number of nitrogens with zero attached hydrogens (tertiary/aromatic N) is 2. The minimum atomic E-state index is 0.408. The van der Waals surface area contributed by atoms with Crippen molar-refractivity contribution < 1.29 is 4.74 Å². The van der Waals surface area contributed by atoms with E-state index in [4.69, 9.17) is 33.7 Å². The predicted octanol–water partition coefficient (Wildman–Crippen LogP) is 3.72. The lowest BCUT2D eigenvalue weighted by molar-refractivity contribution is 0.428. The number of rotatable bonds is 2. The van der Waals surface area contributed by atoms with Crippen LogP contribution in [0.15, 0.2) is 12.1 Å². The molecule has 1 aromatic heterocycles. The average Bonchev–Trinajstić information content (AvgIpc) is 2.52. The minimum absolute atomic E-state index is 0.408. The van der Waals surface area contributed by atoms with Crippen molar-refractivity contribution in [2.45, 2.75) is 13.8 Å². The summed E-state index contributed by atoms with van der Waals surface area (Å²) in [5.74, 6) is 1.10. The van der Waals surface area contributed by atoms with E-state index in [1.165, 1.54) is 0 Å². The smallest absolute Gasteiger partial charge is 0.220 e. The van der Waals surface area contributed by atoms with Crippen molar-refractivity contribution in [1.29, 1.82) is 0 Å². The second-order valence-electron chi connectivity index (χ2n) is 4.05. The standard InChI is InChI=1S/C12H13Cl2N3O/c1-6-7(2)16-17(3)12(6)18-11-5-10(15)8(13)4-9(11)14/h4-5H,15H2,1-3H3. The highest BCUT2D eigenvalue weighted by Crippen LogP contribution is 2.36. The van der Waals surface area contributed by atoms with E-state index in [-0.39, 0.29) is 0 Å². The SMILES string of the molecule is Cc1nn(C)c(Oc2cc(N)c(Cl)cc2Cl)c1C. The van der Waals surface area contributed by atoms with E-state index < -0.39 is 0 Å². The Hall–Kier alpha value is -1.39. The van der Waals surface area contributed by atoms with Crippen LogP contribution in [-0.2, 0) is 7.05 Å². The van der Waals surface area contributed by atoms with Gasteiger partial charge in [0.05, 0.1) is 21.4 Å². The summed E-state index contributed by atoms with van der Waals surface area (Å²) >= 11 is 11.9. The second-order valence-corrected chi connectivity index (χ2v) is 4.86. The number of nitrogen functional groups attached to an aromatic ring is 1. The van der Waals surface area contributed by atoms with E-state index >= 15 is 0 Å². The van der Waals surface area contributed by atoms with Gasteiger partial charge in [0.2, 0.25) is 5.88 Å². The Kier molecular flexibility index (Phi) is 3.41. The third-order valence-electron chi connectivity index (χ3n) is 2.72. The molecule has 0 spiro atoms. The molecule has 0 aliphatic rings. The van der Waals surface area contributed by atoms with Gasteiger partial charge in [-0.25, -0.2) is 4.68 Å². The van der Waals surface area contributed by atoms with Gasteiger partial charge in [-0.15, -0.1) is 0 Å². The van der Waals surface area contributed by atoms with Crippen molar-refractivity contribution >= 4 is 28.9 Å². The van der Waals surface area contributed by atoms with Gasteiger partial charge in [-0.1, -0.05) is 23.2 Å². The molecule has 0 saturated heterocycles. The average molecular weight is 286 g/mol. The molecule has 0 amide bonds. The molecule has 0 fully saturated rings. The summed E-state index contributed by atoms with van der Waals surface area (Å²) in [5, 5.41) is 5.09. The number of hydrogen-bond acceptors (Lipinski definition) is 3. The van der Waals surface area contributed by atoms with Gasteiger partial charge < -0.3 is 10.5 Å². The molecule has 0 aliphatic heterocycles. The van der Waals surface area contributed by atoms with Crippen LogP contribution in [0, 0.1) is 13.8 Å². The zero-order valence-corrected chi connectivity index (χ0v) is 11.8. The Morgan fingerprint density at radius 3 is 2.44 bits per heavy atom. The Bertz CT molecular complexity index is 608. The highest BCUT2D eigenvalue weighted by molar-refractivity contribution is 6.37. The Morgan fingerprint density at radius 1 is 1.22 bits per heavy atom. The molecular formula is C12H13Cl2N3O. The van der Waals surface area contributed by atoms with Crippen LogP contribution >= 0.6 is 23.2 Å². The molecule has 0 radical (unpaired) electrons. The molecule has 2 N–H and O–H groups in total. The Morgan fingerprint density at radius 2 is 1.89 bits per heavy atom. The number of halogens is 2. The van der Waals surface area contributed by atoms with E-state index in [0.717, 1.165) is 11.3 Å². The van der Waals surface area contributed by atoms with Crippen LogP contribution in [0.1, 0.15) is 11.3 Å². The fourth-order valence-corrected chi connectivity index (χ4v) is 2.03. The highest BCUT2D eigenvalue weighted by Gasteiger charge is 2.14. The van der Waals surface area contributed by atoms with Crippen LogP contribution < -0.4 is 10.5 Å². The third kappa shape index (κ3) is 2.26. The molecule has 6 heteroatoms.